The summed E-state index contributed by atoms with van der Waals surface area (Å²) in [4.78, 5) is 17.8. The Kier molecular flexibility index (Phi) is 5.30. The van der Waals surface area contributed by atoms with E-state index in [1.807, 2.05) is 35.2 Å². The number of benzene rings is 1. The highest BCUT2D eigenvalue weighted by atomic mass is 16.5. The molecule has 1 aromatic rings. The molecule has 26 heavy (non-hydrogen) atoms. The summed E-state index contributed by atoms with van der Waals surface area (Å²) in [6.07, 6.45) is 4.44. The summed E-state index contributed by atoms with van der Waals surface area (Å²) in [6.45, 7) is 5.30. The second-order valence-corrected chi connectivity index (χ2v) is 8.01. The molecule has 3 saturated heterocycles. The molecule has 1 spiro atoms. The van der Waals surface area contributed by atoms with E-state index in [1.54, 1.807) is 7.11 Å². The van der Waals surface area contributed by atoms with Crippen LogP contribution in [-0.4, -0.2) is 63.4 Å². The van der Waals surface area contributed by atoms with Crippen molar-refractivity contribution in [1.29, 1.82) is 0 Å². The van der Waals surface area contributed by atoms with Gasteiger partial charge >= 0.3 is 0 Å². The minimum atomic E-state index is -0.0236. The van der Waals surface area contributed by atoms with Crippen molar-refractivity contribution in [2.24, 2.45) is 11.3 Å². The molecular weight excluding hydrogens is 328 g/mol. The van der Waals surface area contributed by atoms with Crippen molar-refractivity contribution in [2.45, 2.75) is 31.7 Å². The molecule has 4 rings (SSSR count). The molecule has 5 nitrogen and oxygen atoms in total. The fourth-order valence-corrected chi connectivity index (χ4v) is 5.09. The van der Waals surface area contributed by atoms with Crippen LogP contribution in [0.15, 0.2) is 30.3 Å². The molecule has 0 radical (unpaired) electrons. The van der Waals surface area contributed by atoms with Crippen molar-refractivity contribution >= 4 is 11.6 Å². The van der Waals surface area contributed by atoms with Gasteiger partial charge in [0.2, 0.25) is 5.91 Å². The lowest BCUT2D eigenvalue weighted by Crippen LogP contribution is -2.50. The van der Waals surface area contributed by atoms with E-state index in [2.05, 4.69) is 4.90 Å². The average molecular weight is 358 g/mol. The van der Waals surface area contributed by atoms with Gasteiger partial charge in [-0.15, -0.1) is 0 Å². The Morgan fingerprint density at radius 3 is 2.50 bits per heavy atom. The van der Waals surface area contributed by atoms with Gasteiger partial charge in [0.1, 0.15) is 0 Å². The zero-order valence-electron chi connectivity index (χ0n) is 15.7. The number of amides is 1. The highest BCUT2D eigenvalue weighted by Crippen LogP contribution is 2.47. The number of likely N-dealkylation sites (tertiary alicyclic amines) is 1. The maximum atomic E-state index is 13.2. The lowest BCUT2D eigenvalue weighted by atomic mass is 9.70. The van der Waals surface area contributed by atoms with E-state index < -0.39 is 0 Å². The van der Waals surface area contributed by atoms with Crippen LogP contribution in [0.1, 0.15) is 25.7 Å². The average Bonchev–Trinajstić information content (AvgIpc) is 2.96. The van der Waals surface area contributed by atoms with Crippen LogP contribution in [-0.2, 0) is 14.3 Å². The second-order valence-electron chi connectivity index (χ2n) is 8.01. The van der Waals surface area contributed by atoms with Crippen LogP contribution in [0.2, 0.25) is 0 Å². The summed E-state index contributed by atoms with van der Waals surface area (Å²) in [5.41, 5.74) is 1.06. The van der Waals surface area contributed by atoms with Crippen LogP contribution >= 0.6 is 0 Å². The van der Waals surface area contributed by atoms with E-state index in [0.29, 0.717) is 12.6 Å². The Hall–Kier alpha value is -1.43. The molecule has 142 valence electrons. The third-order valence-corrected chi connectivity index (χ3v) is 6.68. The topological polar surface area (TPSA) is 42.0 Å². The van der Waals surface area contributed by atoms with Crippen LogP contribution in [0.4, 0.5) is 5.69 Å². The van der Waals surface area contributed by atoms with Gasteiger partial charge in [-0.2, -0.15) is 0 Å². The fraction of sp³-hybridized carbons (Fsp3) is 0.667. The van der Waals surface area contributed by atoms with Crippen molar-refractivity contribution in [3.63, 3.8) is 0 Å². The molecule has 3 aliphatic heterocycles. The van der Waals surface area contributed by atoms with Crippen molar-refractivity contribution in [2.75, 3.05) is 51.5 Å². The first-order chi connectivity index (χ1) is 12.7. The maximum absolute atomic E-state index is 13.2. The molecule has 5 heteroatoms. The van der Waals surface area contributed by atoms with Crippen LogP contribution in [0.3, 0.4) is 0 Å². The van der Waals surface area contributed by atoms with Gasteiger partial charge in [0.25, 0.3) is 0 Å². The van der Waals surface area contributed by atoms with Gasteiger partial charge in [-0.1, -0.05) is 18.2 Å². The summed E-state index contributed by atoms with van der Waals surface area (Å²) in [6, 6.07) is 10.7. The summed E-state index contributed by atoms with van der Waals surface area (Å²) in [7, 11) is 1.71. The third kappa shape index (κ3) is 3.28. The first kappa shape index (κ1) is 18.0. The highest BCUT2D eigenvalue weighted by molar-refractivity contribution is 5.98. The molecule has 0 saturated carbocycles. The smallest absolute Gasteiger partial charge is 0.233 e. The first-order valence-corrected chi connectivity index (χ1v) is 9.91. The molecular formula is C21H30N2O3. The quantitative estimate of drug-likeness (QED) is 0.830. The first-order valence-electron chi connectivity index (χ1n) is 9.91. The van der Waals surface area contributed by atoms with Gasteiger partial charge in [0.15, 0.2) is 0 Å². The predicted octanol–water partition coefficient (Wildman–Crippen LogP) is 2.56. The minimum absolute atomic E-state index is 0.0236. The van der Waals surface area contributed by atoms with Crippen LogP contribution < -0.4 is 4.90 Å². The molecule has 0 aromatic heterocycles. The van der Waals surface area contributed by atoms with Gasteiger partial charge < -0.3 is 19.3 Å². The van der Waals surface area contributed by atoms with Crippen molar-refractivity contribution < 1.29 is 14.3 Å². The van der Waals surface area contributed by atoms with Crippen LogP contribution in [0.5, 0.6) is 0 Å². The SMILES string of the molecule is COCC1C(=O)N(c2ccccc2)CC12CCN(C1CCOCC1)CC2. The van der Waals surface area contributed by atoms with E-state index in [1.165, 1.54) is 0 Å². The normalized spacial score (nSPS) is 27.3. The fourth-order valence-electron chi connectivity index (χ4n) is 5.09. The molecule has 0 N–H and O–H groups in total. The molecule has 1 unspecified atom stereocenters. The second kappa shape index (κ2) is 7.67. The van der Waals surface area contributed by atoms with Gasteiger partial charge in [-0.3, -0.25) is 4.79 Å². The predicted molar refractivity (Wildman–Crippen MR) is 101 cm³/mol. The molecule has 3 aliphatic rings. The Morgan fingerprint density at radius 1 is 1.15 bits per heavy atom. The van der Waals surface area contributed by atoms with E-state index >= 15 is 0 Å². The summed E-state index contributed by atoms with van der Waals surface area (Å²) in [5, 5.41) is 0. The molecule has 0 bridgehead atoms. The highest BCUT2D eigenvalue weighted by Gasteiger charge is 2.53. The Morgan fingerprint density at radius 2 is 1.85 bits per heavy atom. The summed E-state index contributed by atoms with van der Waals surface area (Å²) >= 11 is 0. The van der Waals surface area contributed by atoms with Crippen molar-refractivity contribution in [3.05, 3.63) is 30.3 Å². The zero-order chi connectivity index (χ0) is 18.0. The minimum Gasteiger partial charge on any atom is -0.384 e. The van der Waals surface area contributed by atoms with Crippen molar-refractivity contribution in [1.82, 2.24) is 4.90 Å². The monoisotopic (exact) mass is 358 g/mol. The molecule has 1 atom stereocenters. The zero-order valence-corrected chi connectivity index (χ0v) is 15.7. The number of carbonyl (C=O) groups is 1. The number of para-hydroxylation sites is 1. The third-order valence-electron chi connectivity index (χ3n) is 6.68. The molecule has 1 amide bonds. The van der Waals surface area contributed by atoms with E-state index in [-0.39, 0.29) is 17.2 Å². The number of nitrogens with zero attached hydrogens (tertiary/aromatic N) is 2. The molecule has 0 aliphatic carbocycles. The van der Waals surface area contributed by atoms with Gasteiger partial charge in [0.05, 0.1) is 12.5 Å². The van der Waals surface area contributed by atoms with E-state index in [0.717, 1.165) is 64.2 Å². The summed E-state index contributed by atoms with van der Waals surface area (Å²) in [5.74, 6) is 0.210. The number of ether oxygens (including phenoxy) is 2. The molecule has 1 aromatic carbocycles. The van der Waals surface area contributed by atoms with Crippen LogP contribution in [0.25, 0.3) is 0 Å². The van der Waals surface area contributed by atoms with E-state index in [4.69, 9.17) is 9.47 Å². The van der Waals surface area contributed by atoms with Crippen LogP contribution in [0, 0.1) is 11.3 Å². The number of piperidine rings is 1. The van der Waals surface area contributed by atoms with Gasteiger partial charge in [-0.25, -0.2) is 0 Å². The number of hydrogen-bond donors (Lipinski definition) is 0. The van der Waals surface area contributed by atoms with E-state index in [9.17, 15) is 4.79 Å². The van der Waals surface area contributed by atoms with Gasteiger partial charge in [0, 0.05) is 44.0 Å². The van der Waals surface area contributed by atoms with Gasteiger partial charge in [-0.05, 0) is 50.9 Å². The number of carbonyl (C=O) groups excluding carboxylic acids is 1. The number of methoxy groups -OCH3 is 1. The molecule has 3 heterocycles. The standard InChI is InChI=1S/C21H30N2O3/c1-25-15-19-20(24)23(18-5-3-2-4-6-18)16-21(19)9-11-22(12-10-21)17-7-13-26-14-8-17/h2-6,17,19H,7-16H2,1H3. The Bertz CT molecular complexity index is 607. The summed E-state index contributed by atoms with van der Waals surface area (Å²) < 4.78 is 11.0. The lowest BCUT2D eigenvalue weighted by molar-refractivity contribution is -0.125. The Labute approximate surface area is 156 Å². The maximum Gasteiger partial charge on any atom is 0.233 e. The van der Waals surface area contributed by atoms with Crippen molar-refractivity contribution in [3.8, 4) is 0 Å². The lowest BCUT2D eigenvalue weighted by Gasteiger charge is -2.45. The number of anilines is 1. The molecule has 3 fully saturated rings. The number of hydrogen-bond acceptors (Lipinski definition) is 4. The largest absolute Gasteiger partial charge is 0.384 e. The Balaban J connectivity index is 1.50. The number of rotatable bonds is 4.